The Morgan fingerprint density at radius 3 is 1.12 bits per heavy atom. The molecule has 5 rings (SSSR count). The monoisotopic (exact) mass is 856 g/mol. The van der Waals surface area contributed by atoms with E-state index in [0.29, 0.717) is 123 Å². The van der Waals surface area contributed by atoms with Gasteiger partial charge in [0, 0.05) is 48.7 Å². The van der Waals surface area contributed by atoms with Crippen LogP contribution in [0, 0.1) is 13.8 Å². The van der Waals surface area contributed by atoms with Gasteiger partial charge in [0.25, 0.3) is 0 Å². The average molecular weight is 857 g/mol. The first-order valence-electron chi connectivity index (χ1n) is 21.8. The zero-order chi connectivity index (χ0) is 44.1. The third-order valence-corrected chi connectivity index (χ3v) is 15.7. The minimum Gasteiger partial charge on any atom is -0.354 e. The SMILES string of the molecule is CCCN(CCC)S(=O)(=O)c1c(C)cc(CC)c(Nc2ccc(Nc3c(CC)cc(C)c(S(=O)(=O)N(CCC)CCC)c3CC)c3c2C(=O)c2ccccc2C3=O)c1CC. The van der Waals surface area contributed by atoms with E-state index in [1.165, 1.54) is 0 Å². The Balaban J connectivity index is 1.79. The summed E-state index contributed by atoms with van der Waals surface area (Å²) in [5.74, 6) is -0.680. The standard InChI is InChI=1S/C48H64N4O6S2/c1-11-25-51(26-12-2)59(55,56)47-31(9)29-33(15-5)43(35(47)17-7)49-39-23-24-40(42-41(39)45(53)37-21-19-20-22-38(37)46(42)54)50-44-34(16-6)30-32(10)48(36(44)18-8)60(57,58)52(27-13-3)28-14-4/h19-24,29-30,49-50H,11-18,25-28H2,1-10H3. The second-order valence-electron chi connectivity index (χ2n) is 15.7. The Labute approximate surface area is 359 Å². The highest BCUT2D eigenvalue weighted by Gasteiger charge is 2.37. The predicted octanol–water partition coefficient (Wildman–Crippen LogP) is 10.4. The van der Waals surface area contributed by atoms with E-state index in [1.54, 1.807) is 45.0 Å². The van der Waals surface area contributed by atoms with Crippen molar-refractivity contribution in [3.05, 3.63) is 104 Å². The number of ketones is 2. The van der Waals surface area contributed by atoms with Crippen molar-refractivity contribution in [2.45, 2.75) is 130 Å². The molecule has 0 bridgehead atoms. The maximum atomic E-state index is 14.8. The fourth-order valence-electron chi connectivity index (χ4n) is 8.81. The third-order valence-electron chi connectivity index (χ3n) is 11.4. The molecule has 4 aromatic rings. The summed E-state index contributed by atoms with van der Waals surface area (Å²) in [5.41, 5.74) is 7.25. The van der Waals surface area contributed by atoms with Gasteiger partial charge in [-0.1, -0.05) is 91.8 Å². The van der Waals surface area contributed by atoms with Gasteiger partial charge in [-0.2, -0.15) is 8.61 Å². The van der Waals surface area contributed by atoms with E-state index in [9.17, 15) is 26.4 Å². The zero-order valence-corrected chi connectivity index (χ0v) is 38.9. The van der Waals surface area contributed by atoms with Crippen molar-refractivity contribution in [3.8, 4) is 0 Å². The number of nitrogens with zero attached hydrogens (tertiary/aromatic N) is 2. The maximum Gasteiger partial charge on any atom is 0.243 e. The summed E-state index contributed by atoms with van der Waals surface area (Å²) in [6, 6.07) is 14.1. The number of carbonyl (C=O) groups excluding carboxylic acids is 2. The van der Waals surface area contributed by atoms with E-state index in [-0.39, 0.29) is 43.6 Å². The molecule has 10 nitrogen and oxygen atoms in total. The molecule has 0 heterocycles. The fourth-order valence-corrected chi connectivity index (χ4v) is 13.1. The van der Waals surface area contributed by atoms with Gasteiger partial charge in [-0.25, -0.2) is 16.8 Å². The lowest BCUT2D eigenvalue weighted by atomic mass is 9.82. The number of sulfonamides is 2. The summed E-state index contributed by atoms with van der Waals surface area (Å²) >= 11 is 0. The van der Waals surface area contributed by atoms with Gasteiger partial charge in [-0.3, -0.25) is 9.59 Å². The van der Waals surface area contributed by atoms with Crippen LogP contribution in [0.1, 0.15) is 146 Å². The number of benzene rings is 4. The topological polar surface area (TPSA) is 133 Å². The van der Waals surface area contributed by atoms with Crippen molar-refractivity contribution in [1.82, 2.24) is 8.61 Å². The van der Waals surface area contributed by atoms with Gasteiger partial charge in [0.2, 0.25) is 20.0 Å². The number of nitrogens with one attached hydrogen (secondary N) is 2. The molecule has 1 aliphatic carbocycles. The fraction of sp³-hybridized carbons (Fsp3) is 0.458. The largest absolute Gasteiger partial charge is 0.354 e. The summed E-state index contributed by atoms with van der Waals surface area (Å²) in [5, 5.41) is 7.07. The van der Waals surface area contributed by atoms with E-state index in [2.05, 4.69) is 10.6 Å². The molecule has 1 aliphatic rings. The van der Waals surface area contributed by atoms with Gasteiger partial charge in [0.05, 0.1) is 32.3 Å². The number of hydrogen-bond acceptors (Lipinski definition) is 8. The molecule has 324 valence electrons. The molecule has 2 N–H and O–H groups in total. The van der Waals surface area contributed by atoms with Crippen LogP contribution in [0.3, 0.4) is 0 Å². The summed E-state index contributed by atoms with van der Waals surface area (Å²) in [6.45, 7) is 21.1. The number of fused-ring (bicyclic) bond motifs is 2. The first-order valence-corrected chi connectivity index (χ1v) is 24.7. The highest BCUT2D eigenvalue weighted by Crippen LogP contribution is 2.43. The van der Waals surface area contributed by atoms with Crippen molar-refractivity contribution < 1.29 is 26.4 Å². The highest BCUT2D eigenvalue weighted by atomic mass is 32.2. The van der Waals surface area contributed by atoms with Crippen molar-refractivity contribution in [1.29, 1.82) is 0 Å². The molecule has 0 amide bonds. The van der Waals surface area contributed by atoms with Gasteiger partial charge in [0.15, 0.2) is 11.6 Å². The Morgan fingerprint density at radius 2 is 0.833 bits per heavy atom. The van der Waals surface area contributed by atoms with E-state index in [0.717, 1.165) is 11.1 Å². The Kier molecular flexibility index (Phi) is 15.2. The van der Waals surface area contributed by atoms with Crippen LogP contribution in [0.2, 0.25) is 0 Å². The quantitative estimate of drug-likeness (QED) is 0.0791. The lowest BCUT2D eigenvalue weighted by Gasteiger charge is -2.29. The van der Waals surface area contributed by atoms with E-state index in [4.69, 9.17) is 0 Å². The summed E-state index contributed by atoms with van der Waals surface area (Å²) < 4.78 is 61.0. The molecule has 0 spiro atoms. The molecule has 0 saturated carbocycles. The molecule has 0 saturated heterocycles. The lowest BCUT2D eigenvalue weighted by molar-refractivity contribution is 0.0980. The van der Waals surface area contributed by atoms with Gasteiger partial charge in [-0.15, -0.1) is 0 Å². The van der Waals surface area contributed by atoms with Crippen molar-refractivity contribution in [2.75, 3.05) is 36.8 Å². The molecule has 60 heavy (non-hydrogen) atoms. The molecular formula is C48H64N4O6S2. The molecule has 0 unspecified atom stereocenters. The lowest BCUT2D eigenvalue weighted by Crippen LogP contribution is -2.34. The van der Waals surface area contributed by atoms with Gasteiger partial charge in [-0.05, 0) is 111 Å². The van der Waals surface area contributed by atoms with Crippen LogP contribution in [0.5, 0.6) is 0 Å². The molecule has 12 heteroatoms. The second kappa shape index (κ2) is 19.6. The van der Waals surface area contributed by atoms with Crippen LogP contribution in [0.25, 0.3) is 0 Å². The number of aryl methyl sites for hydroxylation is 4. The van der Waals surface area contributed by atoms with Crippen LogP contribution in [-0.2, 0) is 45.7 Å². The Hall–Kier alpha value is -4.36. The number of hydrogen-bond donors (Lipinski definition) is 2. The normalized spacial score (nSPS) is 12.9. The molecule has 0 atom stereocenters. The van der Waals surface area contributed by atoms with Gasteiger partial charge < -0.3 is 10.6 Å². The molecule has 0 aromatic heterocycles. The van der Waals surface area contributed by atoms with Crippen molar-refractivity contribution in [3.63, 3.8) is 0 Å². The predicted molar refractivity (Wildman–Crippen MR) is 245 cm³/mol. The van der Waals surface area contributed by atoms with Crippen molar-refractivity contribution in [2.24, 2.45) is 0 Å². The Morgan fingerprint density at radius 1 is 0.500 bits per heavy atom. The summed E-state index contributed by atoms with van der Waals surface area (Å²) in [7, 11) is -7.77. The number of rotatable bonds is 20. The van der Waals surface area contributed by atoms with Crippen LogP contribution < -0.4 is 10.6 Å². The van der Waals surface area contributed by atoms with E-state index in [1.807, 2.05) is 81.4 Å². The molecule has 0 radical (unpaired) electrons. The van der Waals surface area contributed by atoms with E-state index < -0.39 is 20.0 Å². The van der Waals surface area contributed by atoms with Crippen molar-refractivity contribution >= 4 is 54.4 Å². The minimum absolute atomic E-state index is 0.171. The van der Waals surface area contributed by atoms with E-state index >= 15 is 0 Å². The average Bonchev–Trinajstić information content (AvgIpc) is 3.23. The molecular weight excluding hydrogens is 793 g/mol. The van der Waals surface area contributed by atoms with Crippen LogP contribution in [0.4, 0.5) is 22.7 Å². The highest BCUT2D eigenvalue weighted by molar-refractivity contribution is 7.89. The van der Waals surface area contributed by atoms with Gasteiger partial charge >= 0.3 is 0 Å². The van der Waals surface area contributed by atoms with Gasteiger partial charge in [0.1, 0.15) is 0 Å². The first kappa shape index (κ1) is 46.7. The minimum atomic E-state index is -3.88. The maximum absolute atomic E-state index is 14.8. The first-order chi connectivity index (χ1) is 28.6. The Bertz CT molecular complexity index is 2310. The molecule has 4 aromatic carbocycles. The zero-order valence-electron chi connectivity index (χ0n) is 37.3. The second-order valence-corrected chi connectivity index (χ2v) is 19.4. The number of carbonyl (C=O) groups is 2. The molecule has 0 aliphatic heterocycles. The van der Waals surface area contributed by atoms with Crippen LogP contribution in [0.15, 0.2) is 58.3 Å². The van der Waals surface area contributed by atoms with Crippen LogP contribution in [-0.4, -0.2) is 63.2 Å². The third kappa shape index (κ3) is 8.58. The summed E-state index contributed by atoms with van der Waals surface area (Å²) in [6.07, 6.45) is 4.70. The number of anilines is 4. The van der Waals surface area contributed by atoms with Crippen LogP contribution >= 0.6 is 0 Å². The summed E-state index contributed by atoms with van der Waals surface area (Å²) in [4.78, 5) is 30.1. The molecule has 0 fully saturated rings. The smallest absolute Gasteiger partial charge is 0.243 e.